The van der Waals surface area contributed by atoms with E-state index in [9.17, 15) is 4.79 Å². The van der Waals surface area contributed by atoms with Crippen LogP contribution in [0.15, 0.2) is 28.7 Å². The number of aromatic nitrogens is 2. The average Bonchev–Trinajstić information content (AvgIpc) is 3.11. The van der Waals surface area contributed by atoms with Crippen molar-refractivity contribution in [2.75, 3.05) is 39.2 Å². The second-order valence-corrected chi connectivity index (χ2v) is 6.11. The highest BCUT2D eigenvalue weighted by Crippen LogP contribution is 2.27. The van der Waals surface area contributed by atoms with Gasteiger partial charge in [-0.15, -0.1) is 5.10 Å². The van der Waals surface area contributed by atoms with Crippen LogP contribution in [0.5, 0.6) is 5.75 Å². The fourth-order valence-electron chi connectivity index (χ4n) is 2.88. The molecule has 1 amide bonds. The van der Waals surface area contributed by atoms with Crippen LogP contribution in [0.25, 0.3) is 11.5 Å². The van der Waals surface area contributed by atoms with Crippen LogP contribution in [0.4, 0.5) is 6.01 Å². The monoisotopic (exact) mass is 330 g/mol. The van der Waals surface area contributed by atoms with Gasteiger partial charge in [-0.3, -0.25) is 4.79 Å². The second kappa shape index (κ2) is 6.90. The molecule has 1 saturated heterocycles. The molecule has 1 fully saturated rings. The first-order valence-corrected chi connectivity index (χ1v) is 8.02. The molecule has 0 bridgehead atoms. The first-order chi connectivity index (χ1) is 11.6. The topological polar surface area (TPSA) is 71.7 Å². The van der Waals surface area contributed by atoms with Crippen molar-refractivity contribution >= 4 is 11.9 Å². The Kier molecular flexibility index (Phi) is 4.69. The zero-order valence-electron chi connectivity index (χ0n) is 14.2. The number of anilines is 1. The SMILES string of the molecule is COc1ccc(-c2nnc(N3CCC(C(=O)N(C)C)CC3)o2)cc1. The predicted octanol–water partition coefficient (Wildman–Crippen LogP) is 2.05. The van der Waals surface area contributed by atoms with Crippen molar-refractivity contribution in [3.63, 3.8) is 0 Å². The van der Waals surface area contributed by atoms with Crippen LogP contribution in [-0.2, 0) is 4.79 Å². The lowest BCUT2D eigenvalue weighted by atomic mass is 9.96. The molecule has 7 nitrogen and oxygen atoms in total. The number of rotatable bonds is 4. The van der Waals surface area contributed by atoms with Crippen LogP contribution < -0.4 is 9.64 Å². The van der Waals surface area contributed by atoms with Gasteiger partial charge in [-0.25, -0.2) is 0 Å². The fraction of sp³-hybridized carbons (Fsp3) is 0.471. The third-order valence-corrected chi connectivity index (χ3v) is 4.31. The summed E-state index contributed by atoms with van der Waals surface area (Å²) in [6.07, 6.45) is 1.61. The molecule has 0 saturated carbocycles. The van der Waals surface area contributed by atoms with E-state index in [2.05, 4.69) is 10.2 Å². The Hall–Kier alpha value is -2.57. The first kappa shape index (κ1) is 16.3. The van der Waals surface area contributed by atoms with Crippen LogP contribution in [-0.4, -0.2) is 55.3 Å². The number of hydrogen-bond acceptors (Lipinski definition) is 6. The van der Waals surface area contributed by atoms with E-state index in [0.29, 0.717) is 11.9 Å². The zero-order valence-corrected chi connectivity index (χ0v) is 14.2. The van der Waals surface area contributed by atoms with Gasteiger partial charge in [0, 0.05) is 38.7 Å². The highest BCUT2D eigenvalue weighted by molar-refractivity contribution is 5.78. The van der Waals surface area contributed by atoms with E-state index in [1.165, 1.54) is 0 Å². The van der Waals surface area contributed by atoms with E-state index in [-0.39, 0.29) is 11.8 Å². The van der Waals surface area contributed by atoms with E-state index >= 15 is 0 Å². The molecule has 2 aromatic rings. The summed E-state index contributed by atoms with van der Waals surface area (Å²) < 4.78 is 10.9. The molecule has 1 aromatic heterocycles. The van der Waals surface area contributed by atoms with E-state index < -0.39 is 0 Å². The van der Waals surface area contributed by atoms with Gasteiger partial charge in [0.2, 0.25) is 11.8 Å². The average molecular weight is 330 g/mol. The van der Waals surface area contributed by atoms with Crippen molar-refractivity contribution in [1.82, 2.24) is 15.1 Å². The van der Waals surface area contributed by atoms with Crippen molar-refractivity contribution in [3.8, 4) is 17.2 Å². The van der Waals surface area contributed by atoms with Gasteiger partial charge in [-0.05, 0) is 37.1 Å². The lowest BCUT2D eigenvalue weighted by Gasteiger charge is -2.31. The summed E-state index contributed by atoms with van der Waals surface area (Å²) in [6.45, 7) is 1.49. The van der Waals surface area contributed by atoms with Crippen molar-refractivity contribution < 1.29 is 13.9 Å². The van der Waals surface area contributed by atoms with E-state index in [0.717, 1.165) is 37.2 Å². The molecule has 0 N–H and O–H groups in total. The largest absolute Gasteiger partial charge is 0.497 e. The summed E-state index contributed by atoms with van der Waals surface area (Å²) in [5.41, 5.74) is 0.854. The van der Waals surface area contributed by atoms with E-state index in [1.54, 1.807) is 26.1 Å². The van der Waals surface area contributed by atoms with Crippen LogP contribution in [0.1, 0.15) is 12.8 Å². The standard InChI is InChI=1S/C17H22N4O3/c1-20(2)16(22)13-8-10-21(11-9-13)17-19-18-15(24-17)12-4-6-14(23-3)7-5-12/h4-7,13H,8-11H2,1-3H3. The molecule has 0 atom stereocenters. The quantitative estimate of drug-likeness (QED) is 0.854. The number of ether oxygens (including phenoxy) is 1. The minimum absolute atomic E-state index is 0.0835. The molecule has 0 radical (unpaired) electrons. The third-order valence-electron chi connectivity index (χ3n) is 4.31. The Morgan fingerprint density at radius 3 is 2.46 bits per heavy atom. The number of hydrogen-bond donors (Lipinski definition) is 0. The Bertz CT molecular complexity index is 688. The summed E-state index contributed by atoms with van der Waals surface area (Å²) in [5, 5.41) is 8.27. The summed E-state index contributed by atoms with van der Waals surface area (Å²) in [6, 6.07) is 8.00. The molecule has 1 aliphatic heterocycles. The molecule has 128 valence electrons. The third kappa shape index (κ3) is 3.34. The number of amides is 1. The smallest absolute Gasteiger partial charge is 0.318 e. The van der Waals surface area contributed by atoms with Gasteiger partial charge >= 0.3 is 6.01 Å². The van der Waals surface area contributed by atoms with Crippen molar-refractivity contribution in [2.45, 2.75) is 12.8 Å². The molecule has 1 aliphatic rings. The minimum Gasteiger partial charge on any atom is -0.497 e. The second-order valence-electron chi connectivity index (χ2n) is 6.11. The van der Waals surface area contributed by atoms with Crippen LogP contribution in [0, 0.1) is 5.92 Å². The van der Waals surface area contributed by atoms with Gasteiger partial charge < -0.3 is 19.0 Å². The summed E-state index contributed by atoms with van der Waals surface area (Å²) in [7, 11) is 5.23. The van der Waals surface area contributed by atoms with Crippen molar-refractivity contribution in [1.29, 1.82) is 0 Å². The maximum atomic E-state index is 12.0. The molecule has 0 spiro atoms. The maximum absolute atomic E-state index is 12.0. The van der Waals surface area contributed by atoms with Gasteiger partial charge in [0.25, 0.3) is 0 Å². The number of carbonyl (C=O) groups is 1. The van der Waals surface area contributed by atoms with Gasteiger partial charge in [0.1, 0.15) is 5.75 Å². The molecule has 7 heteroatoms. The lowest BCUT2D eigenvalue weighted by Crippen LogP contribution is -2.40. The summed E-state index contributed by atoms with van der Waals surface area (Å²) >= 11 is 0. The van der Waals surface area contributed by atoms with Crippen molar-refractivity contribution in [3.05, 3.63) is 24.3 Å². The number of benzene rings is 1. The number of methoxy groups -OCH3 is 1. The molecule has 2 heterocycles. The van der Waals surface area contributed by atoms with Crippen molar-refractivity contribution in [2.24, 2.45) is 5.92 Å². The van der Waals surface area contributed by atoms with E-state index in [4.69, 9.17) is 9.15 Å². The highest BCUT2D eigenvalue weighted by Gasteiger charge is 2.28. The van der Waals surface area contributed by atoms with Gasteiger partial charge in [-0.1, -0.05) is 5.10 Å². The minimum atomic E-state index is 0.0835. The molecule has 3 rings (SSSR count). The van der Waals surface area contributed by atoms with E-state index in [1.807, 2.05) is 29.2 Å². The first-order valence-electron chi connectivity index (χ1n) is 8.02. The Balaban J connectivity index is 1.65. The molecule has 0 aliphatic carbocycles. The van der Waals surface area contributed by atoms with Crippen LogP contribution in [0.3, 0.4) is 0 Å². The molecule has 24 heavy (non-hydrogen) atoms. The molecular formula is C17H22N4O3. The number of nitrogens with zero attached hydrogens (tertiary/aromatic N) is 4. The van der Waals surface area contributed by atoms with Gasteiger partial charge in [0.15, 0.2) is 0 Å². The van der Waals surface area contributed by atoms with Crippen LogP contribution >= 0.6 is 0 Å². The number of carbonyl (C=O) groups excluding carboxylic acids is 1. The molecular weight excluding hydrogens is 308 g/mol. The Morgan fingerprint density at radius 1 is 1.21 bits per heavy atom. The van der Waals surface area contributed by atoms with Gasteiger partial charge in [0.05, 0.1) is 7.11 Å². The Morgan fingerprint density at radius 2 is 1.88 bits per heavy atom. The zero-order chi connectivity index (χ0) is 17.1. The van der Waals surface area contributed by atoms with Crippen LogP contribution in [0.2, 0.25) is 0 Å². The number of piperidine rings is 1. The predicted molar refractivity (Wildman–Crippen MR) is 89.9 cm³/mol. The Labute approximate surface area is 141 Å². The lowest BCUT2D eigenvalue weighted by molar-refractivity contribution is -0.133. The van der Waals surface area contributed by atoms with Gasteiger partial charge in [-0.2, -0.15) is 0 Å². The highest BCUT2D eigenvalue weighted by atomic mass is 16.5. The molecule has 1 aromatic carbocycles. The summed E-state index contributed by atoms with van der Waals surface area (Å²) in [4.78, 5) is 15.7. The maximum Gasteiger partial charge on any atom is 0.318 e. The normalized spacial score (nSPS) is 15.4. The fourth-order valence-corrected chi connectivity index (χ4v) is 2.88. The summed E-state index contributed by atoms with van der Waals surface area (Å²) in [5.74, 6) is 1.55. The molecule has 0 unspecified atom stereocenters.